The molecule has 22 heteroatoms. The van der Waals surface area contributed by atoms with Gasteiger partial charge in [-0.3, -0.25) is 4.79 Å². The fraction of sp³-hybridized carbons (Fsp3) is 0.979. The molecule has 0 aromatic heterocycles. The SMILES string of the molecule is CCCCC(CC)COP(=S)(OCC(CC)CCCC)SCC(C)OP(=S)(OC(C)CSP(=S)(OCC(CC)CCCC)OCC(CC)CCCC)SCC(C)OP(=S)(OC(C)C)SCCC(=O)O. The third-order valence-corrected chi connectivity index (χ3v) is 33.3. The second kappa shape index (κ2) is 42.1. The van der Waals surface area contributed by atoms with Crippen molar-refractivity contribution in [1.82, 2.24) is 0 Å². The zero-order chi connectivity index (χ0) is 52.4. The van der Waals surface area contributed by atoms with Crippen LogP contribution < -0.4 is 0 Å². The van der Waals surface area contributed by atoms with E-state index in [2.05, 4.69) is 55.4 Å². The largest absolute Gasteiger partial charge is 0.481 e. The van der Waals surface area contributed by atoms with E-state index in [1.165, 1.54) is 22.8 Å². The molecule has 0 heterocycles. The summed E-state index contributed by atoms with van der Waals surface area (Å²) in [6, 6.07) is 0. The molecule has 10 nitrogen and oxygen atoms in total. The van der Waals surface area contributed by atoms with Crippen molar-refractivity contribution in [3.05, 3.63) is 0 Å². The van der Waals surface area contributed by atoms with Crippen LogP contribution in [-0.4, -0.2) is 84.9 Å². The third kappa shape index (κ3) is 36.8. The van der Waals surface area contributed by atoms with Crippen LogP contribution >= 0.6 is 68.3 Å². The Labute approximate surface area is 460 Å². The summed E-state index contributed by atoms with van der Waals surface area (Å²) in [5.41, 5.74) is -11.4. The van der Waals surface area contributed by atoms with Gasteiger partial charge < -0.3 is 41.3 Å². The van der Waals surface area contributed by atoms with Crippen molar-refractivity contribution in [1.29, 1.82) is 0 Å². The maximum Gasteiger partial charge on any atom is 0.304 e. The van der Waals surface area contributed by atoms with E-state index in [1.807, 2.05) is 34.6 Å². The van der Waals surface area contributed by atoms with Gasteiger partial charge in [0.2, 0.25) is 22.8 Å². The summed E-state index contributed by atoms with van der Waals surface area (Å²) in [5, 5.41) is 9.31. The number of carboxylic acids is 1. The van der Waals surface area contributed by atoms with E-state index in [-0.39, 0.29) is 24.7 Å². The molecule has 8 unspecified atom stereocenters. The molecule has 8 atom stereocenters. The van der Waals surface area contributed by atoms with Crippen molar-refractivity contribution in [2.75, 3.05) is 49.4 Å². The second-order valence-corrected chi connectivity index (χ2v) is 43.7. The van der Waals surface area contributed by atoms with E-state index in [0.717, 1.165) is 103 Å². The summed E-state index contributed by atoms with van der Waals surface area (Å²) in [6.07, 6.45) is 16.5. The average molecular weight is 1200 g/mol. The Morgan fingerprint density at radius 3 is 0.971 bits per heavy atom. The van der Waals surface area contributed by atoms with E-state index in [4.69, 9.17) is 83.4 Å². The number of hydrogen-bond donors (Lipinski definition) is 1. The van der Waals surface area contributed by atoms with Crippen molar-refractivity contribution < 1.29 is 46.1 Å². The fourth-order valence-corrected chi connectivity index (χ4v) is 26.8. The molecule has 0 saturated heterocycles. The van der Waals surface area contributed by atoms with Crippen LogP contribution in [0.4, 0.5) is 0 Å². The molecule has 0 fully saturated rings. The first kappa shape index (κ1) is 72.2. The predicted molar refractivity (Wildman–Crippen MR) is 324 cm³/mol. The molecule has 0 aromatic rings. The maximum atomic E-state index is 11.4. The van der Waals surface area contributed by atoms with Crippen molar-refractivity contribution in [2.24, 2.45) is 23.7 Å². The first-order valence-electron chi connectivity index (χ1n) is 26.1. The van der Waals surface area contributed by atoms with Crippen LogP contribution in [0.25, 0.3) is 0 Å². The summed E-state index contributed by atoms with van der Waals surface area (Å²) in [5.74, 6) is 2.58. The van der Waals surface area contributed by atoms with E-state index in [1.54, 1.807) is 22.8 Å². The van der Waals surface area contributed by atoms with E-state index in [0.29, 0.717) is 73.1 Å². The topological polar surface area (TPSA) is 111 Å². The molecule has 0 amide bonds. The number of unbranched alkanes of at least 4 members (excludes halogenated alkanes) is 4. The lowest BCUT2D eigenvalue weighted by atomic mass is 10.0. The summed E-state index contributed by atoms with van der Waals surface area (Å²) in [4.78, 5) is 11.4. The highest BCUT2D eigenvalue weighted by molar-refractivity contribution is 8.69. The quantitative estimate of drug-likeness (QED) is 0.0583. The number of carboxylic acid groups (broad SMARTS) is 1. The minimum absolute atomic E-state index is 0.0364. The molecule has 0 saturated carbocycles. The fourth-order valence-electron chi connectivity index (χ4n) is 6.62. The average Bonchev–Trinajstić information content (AvgIpc) is 3.29. The van der Waals surface area contributed by atoms with Gasteiger partial charge in [-0.15, -0.1) is 0 Å². The molecule has 0 spiro atoms. The van der Waals surface area contributed by atoms with Gasteiger partial charge in [0.15, 0.2) is 0 Å². The highest BCUT2D eigenvalue weighted by atomic mass is 32.9. The summed E-state index contributed by atoms with van der Waals surface area (Å²) in [7, 11) is 0. The first-order chi connectivity index (χ1) is 32.6. The number of rotatable bonds is 49. The summed E-state index contributed by atoms with van der Waals surface area (Å²) >= 11 is 30.8. The van der Waals surface area contributed by atoms with Crippen molar-refractivity contribution in [2.45, 2.75) is 224 Å². The summed E-state index contributed by atoms with van der Waals surface area (Å²) in [6.45, 7) is 29.9. The van der Waals surface area contributed by atoms with Crippen LogP contribution in [-0.2, 0) is 88.2 Å². The number of aliphatic carboxylic acids is 1. The van der Waals surface area contributed by atoms with Crippen LogP contribution in [0.2, 0.25) is 0 Å². The molecule has 0 aliphatic rings. The second-order valence-electron chi connectivity index (χ2n) is 18.4. The van der Waals surface area contributed by atoms with Crippen LogP contribution in [0.5, 0.6) is 0 Å². The predicted octanol–water partition coefficient (Wildman–Crippen LogP) is 18.9. The van der Waals surface area contributed by atoms with Crippen LogP contribution in [0, 0.1) is 23.7 Å². The van der Waals surface area contributed by atoms with E-state index < -0.39 is 34.8 Å². The molecule has 0 bridgehead atoms. The van der Waals surface area contributed by atoms with Gasteiger partial charge >= 0.3 is 5.97 Å². The Balaban J connectivity index is 6.64. The van der Waals surface area contributed by atoms with Gasteiger partial charge in [-0.2, -0.15) is 0 Å². The zero-order valence-electron chi connectivity index (χ0n) is 45.0. The molecule has 0 aliphatic heterocycles. The summed E-state index contributed by atoms with van der Waals surface area (Å²) < 4.78 is 53.0. The van der Waals surface area contributed by atoms with Crippen molar-refractivity contribution in [3.63, 3.8) is 0 Å². The van der Waals surface area contributed by atoms with Crippen LogP contribution in [0.1, 0.15) is 199 Å². The highest BCUT2D eigenvalue weighted by Crippen LogP contribution is 2.68. The lowest BCUT2D eigenvalue weighted by molar-refractivity contribution is -0.136. The molecule has 414 valence electrons. The lowest BCUT2D eigenvalue weighted by Gasteiger charge is -2.32. The van der Waals surface area contributed by atoms with Crippen LogP contribution in [0.3, 0.4) is 0 Å². The normalized spacial score (nSPS) is 18.9. The van der Waals surface area contributed by atoms with Gasteiger partial charge in [0.1, 0.15) is 0 Å². The molecule has 0 radical (unpaired) electrons. The molecular formula is C47H98O10P4S8. The smallest absolute Gasteiger partial charge is 0.304 e. The van der Waals surface area contributed by atoms with E-state index in [9.17, 15) is 9.90 Å². The molecule has 0 aromatic carbocycles. The van der Waals surface area contributed by atoms with Gasteiger partial charge in [-0.05, 0) is 131 Å². The Morgan fingerprint density at radius 2 is 0.725 bits per heavy atom. The monoisotopic (exact) mass is 1200 g/mol. The number of carbonyl (C=O) groups is 1. The molecular weight excluding hydrogens is 1100 g/mol. The van der Waals surface area contributed by atoms with Crippen molar-refractivity contribution in [3.8, 4) is 0 Å². The highest BCUT2D eigenvalue weighted by Gasteiger charge is 2.33. The Bertz CT molecular complexity index is 1390. The minimum atomic E-state index is -3.08. The Morgan fingerprint density at radius 1 is 0.449 bits per heavy atom. The Hall–Kier alpha value is 3.15. The van der Waals surface area contributed by atoms with Gasteiger partial charge in [0.05, 0.1) is 57.3 Å². The maximum absolute atomic E-state index is 11.4. The third-order valence-electron chi connectivity index (χ3n) is 11.3. The standard InChI is InChI=1S/C47H98O10P4S8/c1-14-22-26-43(18-5)32-50-58(62,51-33-44(19-6)27-23-15-2)67-36-40(11)56-61(65,69-38-42(13)55-60(64,54-39(9)10)66-31-30-47(48)49)57-41(12)37-68-59(63,52-34-45(20-7)28-24-16-3)53-35-46(21-8)29-25-17-4/h39-46H,14-38H2,1-13H3,(H,48,49). The molecule has 1 N–H and O–H groups in total. The zero-order valence-corrected chi connectivity index (χ0v) is 55.1. The molecule has 69 heavy (non-hydrogen) atoms. The lowest BCUT2D eigenvalue weighted by Crippen LogP contribution is -2.17. The first-order valence-corrected chi connectivity index (χ1v) is 43.0. The number of hydrogen-bond acceptors (Lipinski definition) is 17. The van der Waals surface area contributed by atoms with Crippen molar-refractivity contribution >= 4 is 121 Å². The minimum Gasteiger partial charge on any atom is -0.481 e. The molecule has 0 aliphatic carbocycles. The van der Waals surface area contributed by atoms with Gasteiger partial charge in [-0.1, -0.05) is 178 Å². The van der Waals surface area contributed by atoms with Crippen LogP contribution in [0.15, 0.2) is 0 Å². The van der Waals surface area contributed by atoms with E-state index >= 15 is 0 Å². The molecule has 0 rings (SSSR count). The Kier molecular flexibility index (Phi) is 44.1. The van der Waals surface area contributed by atoms with Gasteiger partial charge in [0.25, 0.3) is 0 Å². The van der Waals surface area contributed by atoms with Gasteiger partial charge in [-0.25, -0.2) is 0 Å². The van der Waals surface area contributed by atoms with Gasteiger partial charge in [0, 0.05) is 23.0 Å².